The van der Waals surface area contributed by atoms with E-state index in [2.05, 4.69) is 65.1 Å². The van der Waals surface area contributed by atoms with Gasteiger partial charge < -0.3 is 0 Å². The van der Waals surface area contributed by atoms with Crippen LogP contribution in [0, 0.1) is 35.0 Å². The van der Waals surface area contributed by atoms with Crippen molar-refractivity contribution < 1.29 is 4.79 Å². The van der Waals surface area contributed by atoms with Crippen molar-refractivity contribution in [3.8, 4) is 0 Å². The third kappa shape index (κ3) is 3.65. The highest BCUT2D eigenvalue weighted by Crippen LogP contribution is 2.65. The molecule has 0 aromatic heterocycles. The molecule has 2 saturated carbocycles. The van der Waals surface area contributed by atoms with E-state index in [1.54, 1.807) is 0 Å². The molecule has 0 N–H and O–H groups in total. The van der Waals surface area contributed by atoms with E-state index >= 15 is 0 Å². The third-order valence-corrected chi connectivity index (χ3v) is 11.5. The van der Waals surface area contributed by atoms with Gasteiger partial charge in [0.15, 0.2) is 0 Å². The van der Waals surface area contributed by atoms with E-state index in [4.69, 9.17) is 0 Å². The zero-order chi connectivity index (χ0) is 21.2. The summed E-state index contributed by atoms with van der Waals surface area (Å²) in [5.41, 5.74) is 0.816. The van der Waals surface area contributed by atoms with Gasteiger partial charge in [-0.1, -0.05) is 34.6 Å². The maximum Gasteiger partial charge on any atom is 0.149 e. The SMILES string of the molecule is CC(CSC(C)(C)C)[C@H]1CC[C@H]2[C@@H]3CCN4C(C)C(=O)CC[C@]4(C)[C@H]3CC[C@]12C. The van der Waals surface area contributed by atoms with Crippen molar-refractivity contribution in [2.24, 2.45) is 35.0 Å². The Balaban J connectivity index is 1.51. The molecule has 166 valence electrons. The molecule has 2 saturated heterocycles. The van der Waals surface area contributed by atoms with Crippen LogP contribution in [0.3, 0.4) is 0 Å². The third-order valence-electron chi connectivity index (χ3n) is 9.95. The summed E-state index contributed by atoms with van der Waals surface area (Å²) in [5.74, 6) is 6.14. The predicted octanol–water partition coefficient (Wildman–Crippen LogP) is 6.43. The van der Waals surface area contributed by atoms with Crippen molar-refractivity contribution in [1.82, 2.24) is 4.90 Å². The second-order valence-electron chi connectivity index (χ2n) is 12.5. The maximum atomic E-state index is 12.4. The highest BCUT2D eigenvalue weighted by atomic mass is 32.2. The molecule has 2 aliphatic carbocycles. The van der Waals surface area contributed by atoms with Gasteiger partial charge in [-0.15, -0.1) is 0 Å². The number of carbonyl (C=O) groups is 1. The lowest BCUT2D eigenvalue weighted by atomic mass is 9.51. The summed E-state index contributed by atoms with van der Waals surface area (Å²) in [7, 11) is 0. The minimum Gasteiger partial charge on any atom is -0.298 e. The fourth-order valence-electron chi connectivity index (χ4n) is 8.42. The first kappa shape index (κ1) is 22.2. The molecule has 4 rings (SSSR count). The standard InChI is InChI=1S/C26H45NOS/c1-17(16-29-24(3,4)5)20-8-9-21-19-12-15-27-18(2)23(28)11-14-26(27,7)22(19)10-13-25(20,21)6/h17-22H,8-16H2,1-7H3/t17?,18?,19-,20+,21-,22-,25+,26+/m0/s1. The molecule has 2 unspecified atom stereocenters. The Hall–Kier alpha value is -0.0200. The topological polar surface area (TPSA) is 20.3 Å². The van der Waals surface area contributed by atoms with Gasteiger partial charge in [0.25, 0.3) is 0 Å². The van der Waals surface area contributed by atoms with E-state index in [0.29, 0.717) is 15.9 Å². The number of Topliss-reactive ketones (excluding diaryl/α,β-unsaturated/α-hetero) is 1. The molecule has 3 heteroatoms. The molecule has 0 amide bonds. The van der Waals surface area contributed by atoms with Crippen LogP contribution < -0.4 is 0 Å². The molecule has 4 aliphatic rings. The number of thioether (sulfide) groups is 1. The Kier molecular flexibility index (Phi) is 5.77. The Morgan fingerprint density at radius 2 is 1.83 bits per heavy atom. The molecule has 8 atom stereocenters. The smallest absolute Gasteiger partial charge is 0.149 e. The van der Waals surface area contributed by atoms with E-state index < -0.39 is 0 Å². The number of hydrogen-bond donors (Lipinski definition) is 0. The molecule has 0 aromatic carbocycles. The molecule has 2 aliphatic heterocycles. The van der Waals surface area contributed by atoms with Gasteiger partial charge in [0.1, 0.15) is 5.78 Å². The van der Waals surface area contributed by atoms with Crippen LogP contribution in [-0.2, 0) is 4.79 Å². The molecule has 0 radical (unpaired) electrons. The normalized spacial score (nSPS) is 46.7. The highest BCUT2D eigenvalue weighted by molar-refractivity contribution is 8.00. The summed E-state index contributed by atoms with van der Waals surface area (Å²) in [6.45, 7) is 18.1. The molecule has 0 aromatic rings. The zero-order valence-electron chi connectivity index (χ0n) is 20.1. The monoisotopic (exact) mass is 419 g/mol. The first-order chi connectivity index (χ1) is 13.5. The fourth-order valence-corrected chi connectivity index (χ4v) is 9.41. The minimum atomic E-state index is 0.147. The van der Waals surface area contributed by atoms with Gasteiger partial charge in [-0.05, 0) is 99.7 Å². The average Bonchev–Trinajstić information content (AvgIpc) is 3.00. The lowest BCUT2D eigenvalue weighted by Gasteiger charge is -2.63. The largest absolute Gasteiger partial charge is 0.298 e. The summed E-state index contributed by atoms with van der Waals surface area (Å²) in [4.78, 5) is 15.0. The number of rotatable bonds is 3. The number of ketones is 1. The first-order valence-corrected chi connectivity index (χ1v) is 13.4. The van der Waals surface area contributed by atoms with Crippen LogP contribution in [0.1, 0.15) is 93.4 Å². The summed E-state index contributed by atoms with van der Waals surface area (Å²) in [5, 5.41) is 0. The van der Waals surface area contributed by atoms with Crippen LogP contribution in [0.15, 0.2) is 0 Å². The Morgan fingerprint density at radius 1 is 1.10 bits per heavy atom. The van der Waals surface area contributed by atoms with E-state index in [1.165, 1.54) is 37.9 Å². The van der Waals surface area contributed by atoms with Crippen LogP contribution in [-0.4, -0.2) is 39.3 Å². The van der Waals surface area contributed by atoms with Gasteiger partial charge in [-0.25, -0.2) is 0 Å². The minimum absolute atomic E-state index is 0.147. The Labute approximate surface area is 184 Å². The van der Waals surface area contributed by atoms with Gasteiger partial charge in [-0.3, -0.25) is 9.69 Å². The molecule has 2 heterocycles. The molecule has 0 spiro atoms. The van der Waals surface area contributed by atoms with E-state index in [9.17, 15) is 4.79 Å². The van der Waals surface area contributed by atoms with Gasteiger partial charge in [0.05, 0.1) is 6.04 Å². The van der Waals surface area contributed by atoms with Crippen molar-refractivity contribution in [1.29, 1.82) is 0 Å². The molecular weight excluding hydrogens is 374 g/mol. The van der Waals surface area contributed by atoms with Gasteiger partial charge in [0, 0.05) is 16.7 Å². The van der Waals surface area contributed by atoms with Crippen molar-refractivity contribution in [3.05, 3.63) is 0 Å². The van der Waals surface area contributed by atoms with Crippen LogP contribution in [0.4, 0.5) is 0 Å². The Bertz CT molecular complexity index is 641. The van der Waals surface area contributed by atoms with E-state index in [1.807, 2.05) is 0 Å². The predicted molar refractivity (Wildman–Crippen MR) is 125 cm³/mol. The number of carbonyl (C=O) groups excluding carboxylic acids is 1. The quantitative estimate of drug-likeness (QED) is 0.526. The molecule has 2 nitrogen and oxygen atoms in total. The first-order valence-electron chi connectivity index (χ1n) is 12.4. The highest BCUT2D eigenvalue weighted by Gasteiger charge is 2.61. The van der Waals surface area contributed by atoms with Crippen molar-refractivity contribution in [3.63, 3.8) is 0 Å². The second-order valence-corrected chi connectivity index (χ2v) is 14.3. The van der Waals surface area contributed by atoms with Crippen molar-refractivity contribution in [2.45, 2.75) is 110 Å². The number of nitrogens with zero attached hydrogens (tertiary/aromatic N) is 1. The molecular formula is C26H45NOS. The van der Waals surface area contributed by atoms with Crippen LogP contribution in [0.25, 0.3) is 0 Å². The van der Waals surface area contributed by atoms with E-state index in [-0.39, 0.29) is 11.6 Å². The maximum absolute atomic E-state index is 12.4. The fraction of sp³-hybridized carbons (Fsp3) is 0.962. The number of piperidine rings is 2. The summed E-state index contributed by atoms with van der Waals surface area (Å²) >= 11 is 2.17. The number of hydrogen-bond acceptors (Lipinski definition) is 3. The molecule has 0 bridgehead atoms. The van der Waals surface area contributed by atoms with Gasteiger partial charge in [-0.2, -0.15) is 11.8 Å². The van der Waals surface area contributed by atoms with Gasteiger partial charge in [0.2, 0.25) is 0 Å². The van der Waals surface area contributed by atoms with E-state index in [0.717, 1.165) is 49.0 Å². The van der Waals surface area contributed by atoms with Crippen LogP contribution >= 0.6 is 11.8 Å². The zero-order valence-corrected chi connectivity index (χ0v) is 20.9. The lowest BCUT2D eigenvalue weighted by molar-refractivity contribution is -0.154. The molecule has 29 heavy (non-hydrogen) atoms. The van der Waals surface area contributed by atoms with Crippen molar-refractivity contribution in [2.75, 3.05) is 12.3 Å². The summed E-state index contributed by atoms with van der Waals surface area (Å²) in [6, 6.07) is 0.147. The van der Waals surface area contributed by atoms with Crippen molar-refractivity contribution >= 4 is 17.5 Å². The molecule has 4 fully saturated rings. The van der Waals surface area contributed by atoms with Crippen LogP contribution in [0.5, 0.6) is 0 Å². The lowest BCUT2D eigenvalue weighted by Crippen LogP contribution is -2.67. The summed E-state index contributed by atoms with van der Waals surface area (Å²) in [6.07, 6.45) is 8.95. The second kappa shape index (κ2) is 7.54. The van der Waals surface area contributed by atoms with Gasteiger partial charge >= 0.3 is 0 Å². The Morgan fingerprint density at radius 3 is 2.52 bits per heavy atom. The summed E-state index contributed by atoms with van der Waals surface area (Å²) < 4.78 is 0.376. The number of fused-ring (bicyclic) bond motifs is 5. The van der Waals surface area contributed by atoms with Crippen LogP contribution in [0.2, 0.25) is 0 Å². The average molecular weight is 420 g/mol.